The molecule has 0 aliphatic rings. The fourth-order valence-electron chi connectivity index (χ4n) is 2.42. The Hall–Kier alpha value is -3.15. The van der Waals surface area contributed by atoms with Gasteiger partial charge >= 0.3 is 0 Å². The van der Waals surface area contributed by atoms with Gasteiger partial charge in [0.05, 0.1) is 22.5 Å². The van der Waals surface area contributed by atoms with Crippen LogP contribution in [0.15, 0.2) is 59.6 Å². The molecule has 0 radical (unpaired) electrons. The van der Waals surface area contributed by atoms with Crippen molar-refractivity contribution in [1.29, 1.82) is 0 Å². The van der Waals surface area contributed by atoms with E-state index in [0.29, 0.717) is 16.9 Å². The van der Waals surface area contributed by atoms with Crippen LogP contribution in [0.25, 0.3) is 5.69 Å². The highest BCUT2D eigenvalue weighted by Crippen LogP contribution is 2.23. The molecule has 0 aliphatic heterocycles. The lowest BCUT2D eigenvalue weighted by molar-refractivity contribution is -0.387. The standard InChI is InChI=1S/C16H16N6O4S/c17-9-13-11-21(20-19-13)14-5-3-4-12(8-14)10-18-27(25,26)16-7-2-1-6-15(16)22(23)24/h1-8,11,18H,9-10,17H2. The van der Waals surface area contributed by atoms with Crippen molar-refractivity contribution in [3.05, 3.63) is 76.1 Å². The number of para-hydroxylation sites is 1. The molecule has 2 aromatic carbocycles. The van der Waals surface area contributed by atoms with Crippen molar-refractivity contribution in [2.45, 2.75) is 18.0 Å². The summed E-state index contributed by atoms with van der Waals surface area (Å²) in [5, 5.41) is 18.9. The zero-order valence-corrected chi connectivity index (χ0v) is 14.8. The first-order valence-electron chi connectivity index (χ1n) is 7.84. The minimum atomic E-state index is -4.05. The fraction of sp³-hybridized carbons (Fsp3) is 0.125. The lowest BCUT2D eigenvalue weighted by Gasteiger charge is -2.08. The number of nitro benzene ring substituents is 1. The first-order chi connectivity index (χ1) is 12.9. The van der Waals surface area contributed by atoms with Gasteiger partial charge in [0.1, 0.15) is 0 Å². The SMILES string of the molecule is NCc1cn(-c2cccc(CNS(=O)(=O)c3ccccc3[N+](=O)[O-])c2)nn1. The molecule has 0 bridgehead atoms. The lowest BCUT2D eigenvalue weighted by Crippen LogP contribution is -2.24. The minimum absolute atomic E-state index is 0.0410. The van der Waals surface area contributed by atoms with Crippen molar-refractivity contribution in [3.63, 3.8) is 0 Å². The van der Waals surface area contributed by atoms with E-state index in [1.54, 1.807) is 30.5 Å². The smallest absolute Gasteiger partial charge is 0.289 e. The number of hydrogen-bond acceptors (Lipinski definition) is 7. The summed E-state index contributed by atoms with van der Waals surface area (Å²) in [5.41, 5.74) is 7.00. The second kappa shape index (κ2) is 7.61. The lowest BCUT2D eigenvalue weighted by atomic mass is 10.2. The van der Waals surface area contributed by atoms with Crippen molar-refractivity contribution in [1.82, 2.24) is 19.7 Å². The van der Waals surface area contributed by atoms with E-state index in [1.165, 1.54) is 22.9 Å². The number of benzene rings is 2. The van der Waals surface area contributed by atoms with Crippen molar-refractivity contribution >= 4 is 15.7 Å². The van der Waals surface area contributed by atoms with Gasteiger partial charge in [-0.25, -0.2) is 17.8 Å². The Labute approximate surface area is 154 Å². The number of nitrogens with zero attached hydrogens (tertiary/aromatic N) is 4. The topological polar surface area (TPSA) is 146 Å². The highest BCUT2D eigenvalue weighted by molar-refractivity contribution is 7.89. The summed E-state index contributed by atoms with van der Waals surface area (Å²) in [4.78, 5) is 9.95. The van der Waals surface area contributed by atoms with Crippen LogP contribution in [-0.4, -0.2) is 28.3 Å². The molecule has 3 N–H and O–H groups in total. The molecule has 140 valence electrons. The summed E-state index contributed by atoms with van der Waals surface area (Å²) in [5.74, 6) is 0. The van der Waals surface area contributed by atoms with Gasteiger partial charge in [-0.05, 0) is 23.8 Å². The first kappa shape index (κ1) is 18.6. The van der Waals surface area contributed by atoms with Gasteiger partial charge in [0.25, 0.3) is 5.69 Å². The van der Waals surface area contributed by atoms with E-state index >= 15 is 0 Å². The molecule has 0 saturated heterocycles. The molecule has 0 aliphatic carbocycles. The van der Waals surface area contributed by atoms with Crippen molar-refractivity contribution < 1.29 is 13.3 Å². The second-order valence-electron chi connectivity index (χ2n) is 5.58. The highest BCUT2D eigenvalue weighted by atomic mass is 32.2. The van der Waals surface area contributed by atoms with Crippen LogP contribution in [0.2, 0.25) is 0 Å². The van der Waals surface area contributed by atoms with Gasteiger partial charge < -0.3 is 5.73 Å². The third-order valence-electron chi connectivity index (χ3n) is 3.74. The molecular formula is C16H16N6O4S. The summed E-state index contributed by atoms with van der Waals surface area (Å²) in [6, 6.07) is 12.2. The summed E-state index contributed by atoms with van der Waals surface area (Å²) in [7, 11) is -4.05. The largest absolute Gasteiger partial charge is 0.325 e. The van der Waals surface area contributed by atoms with Gasteiger partial charge in [0.2, 0.25) is 10.0 Å². The quantitative estimate of drug-likeness (QED) is 0.455. The molecule has 3 rings (SSSR count). The Morgan fingerprint density at radius 1 is 1.19 bits per heavy atom. The first-order valence-corrected chi connectivity index (χ1v) is 9.33. The van der Waals surface area contributed by atoms with Crippen molar-refractivity contribution in [2.75, 3.05) is 0 Å². The maximum Gasteiger partial charge on any atom is 0.289 e. The number of aromatic nitrogens is 3. The molecule has 0 unspecified atom stereocenters. The van der Waals surface area contributed by atoms with Gasteiger partial charge in [0, 0.05) is 19.2 Å². The number of nitro groups is 1. The van der Waals surface area contributed by atoms with E-state index in [9.17, 15) is 18.5 Å². The van der Waals surface area contributed by atoms with Gasteiger partial charge in [0.15, 0.2) is 4.90 Å². The minimum Gasteiger partial charge on any atom is -0.325 e. The Morgan fingerprint density at radius 3 is 2.67 bits per heavy atom. The molecule has 0 fully saturated rings. The molecule has 0 atom stereocenters. The maximum absolute atomic E-state index is 12.5. The third kappa shape index (κ3) is 4.16. The van der Waals surface area contributed by atoms with E-state index in [-0.39, 0.29) is 18.0 Å². The van der Waals surface area contributed by atoms with Crippen LogP contribution in [-0.2, 0) is 23.1 Å². The van der Waals surface area contributed by atoms with Gasteiger partial charge in [-0.3, -0.25) is 10.1 Å². The Kier molecular flexibility index (Phi) is 5.26. The van der Waals surface area contributed by atoms with Gasteiger partial charge in [-0.2, -0.15) is 0 Å². The number of hydrogen-bond donors (Lipinski definition) is 2. The van der Waals surface area contributed by atoms with E-state index < -0.39 is 20.6 Å². The molecule has 3 aromatic rings. The summed E-state index contributed by atoms with van der Waals surface area (Å²) < 4.78 is 28.9. The van der Waals surface area contributed by atoms with E-state index in [0.717, 1.165) is 6.07 Å². The molecule has 0 spiro atoms. The third-order valence-corrected chi connectivity index (χ3v) is 5.19. The van der Waals surface area contributed by atoms with Crippen LogP contribution < -0.4 is 10.5 Å². The predicted octanol–water partition coefficient (Wildman–Crippen LogP) is 1.11. The Bertz CT molecular complexity index is 1080. The molecule has 10 nitrogen and oxygen atoms in total. The molecule has 1 aromatic heterocycles. The monoisotopic (exact) mass is 388 g/mol. The molecule has 11 heteroatoms. The highest BCUT2D eigenvalue weighted by Gasteiger charge is 2.24. The fourth-order valence-corrected chi connectivity index (χ4v) is 3.61. The Balaban J connectivity index is 1.81. The van der Waals surface area contributed by atoms with Crippen LogP contribution in [0, 0.1) is 10.1 Å². The van der Waals surface area contributed by atoms with Gasteiger partial charge in [-0.1, -0.05) is 29.5 Å². The molecule has 0 saturated carbocycles. The average Bonchev–Trinajstić information content (AvgIpc) is 3.16. The number of sulfonamides is 1. The van der Waals surface area contributed by atoms with E-state index in [4.69, 9.17) is 5.73 Å². The van der Waals surface area contributed by atoms with Gasteiger partial charge in [-0.15, -0.1) is 5.10 Å². The zero-order chi connectivity index (χ0) is 19.4. The van der Waals surface area contributed by atoms with E-state index in [1.807, 2.05) is 0 Å². The zero-order valence-electron chi connectivity index (χ0n) is 14.0. The molecule has 27 heavy (non-hydrogen) atoms. The average molecular weight is 388 g/mol. The number of rotatable bonds is 7. The van der Waals surface area contributed by atoms with Crippen molar-refractivity contribution in [2.24, 2.45) is 5.73 Å². The number of nitrogens with two attached hydrogens (primary N) is 1. The molecule has 1 heterocycles. The maximum atomic E-state index is 12.5. The second-order valence-corrected chi connectivity index (χ2v) is 7.31. The molecule has 0 amide bonds. The van der Waals surface area contributed by atoms with Crippen LogP contribution in [0.1, 0.15) is 11.3 Å². The molecular weight excluding hydrogens is 372 g/mol. The summed E-state index contributed by atoms with van der Waals surface area (Å²) in [6.07, 6.45) is 1.68. The van der Waals surface area contributed by atoms with Crippen molar-refractivity contribution in [3.8, 4) is 5.69 Å². The summed E-state index contributed by atoms with van der Waals surface area (Å²) in [6.45, 7) is 0.218. The number of nitrogens with one attached hydrogen (secondary N) is 1. The van der Waals surface area contributed by atoms with E-state index in [2.05, 4.69) is 15.0 Å². The van der Waals surface area contributed by atoms with Crippen LogP contribution in [0.4, 0.5) is 5.69 Å². The van der Waals surface area contributed by atoms with Crippen LogP contribution in [0.5, 0.6) is 0 Å². The van der Waals surface area contributed by atoms with Crippen LogP contribution in [0.3, 0.4) is 0 Å². The predicted molar refractivity (Wildman–Crippen MR) is 96.4 cm³/mol. The normalized spacial score (nSPS) is 11.4. The Morgan fingerprint density at radius 2 is 1.96 bits per heavy atom. The summed E-state index contributed by atoms with van der Waals surface area (Å²) >= 11 is 0. The van der Waals surface area contributed by atoms with Crippen LogP contribution >= 0.6 is 0 Å².